The Balaban J connectivity index is 1.50. The summed E-state index contributed by atoms with van der Waals surface area (Å²) in [6, 6.07) is 14.8. The third-order valence-electron chi connectivity index (χ3n) is 4.72. The molecule has 0 bridgehead atoms. The van der Waals surface area contributed by atoms with E-state index in [1.165, 1.54) is 17.0 Å². The van der Waals surface area contributed by atoms with Gasteiger partial charge in [0.15, 0.2) is 6.61 Å². The van der Waals surface area contributed by atoms with E-state index in [0.717, 1.165) is 22.4 Å². The van der Waals surface area contributed by atoms with Crippen LogP contribution in [-0.4, -0.2) is 35.2 Å². The second-order valence-electron chi connectivity index (χ2n) is 7.17. The first-order valence-corrected chi connectivity index (χ1v) is 10.2. The molecule has 1 N–H and O–H groups in total. The number of ether oxygens (including phenoxy) is 2. The van der Waals surface area contributed by atoms with Crippen LogP contribution in [0, 0.1) is 13.8 Å². The lowest BCUT2D eigenvalue weighted by atomic mass is 10.1. The quantitative estimate of drug-likeness (QED) is 0.574. The van der Waals surface area contributed by atoms with Gasteiger partial charge in [-0.2, -0.15) is 0 Å². The summed E-state index contributed by atoms with van der Waals surface area (Å²) in [4.78, 5) is 28.8. The van der Waals surface area contributed by atoms with Crippen molar-refractivity contribution < 1.29 is 14.3 Å². The first kappa shape index (κ1) is 22.1. The summed E-state index contributed by atoms with van der Waals surface area (Å²) in [5.74, 6) is 1.23. The van der Waals surface area contributed by atoms with Gasteiger partial charge in [0.25, 0.3) is 11.5 Å². The lowest BCUT2D eigenvalue weighted by Crippen LogP contribution is -2.33. The standard InChI is InChI=1S/C24H27N3O4/c1-4-30-20-9-7-19(8-10-20)21-14-24(29)27(16-26-21)12-11-25-23(28)15-31-22-13-17(2)5-6-18(22)3/h5-10,13-14,16H,4,11-12,15H2,1-3H3,(H,25,28). The maximum atomic E-state index is 12.4. The molecular formula is C24H27N3O4. The summed E-state index contributed by atoms with van der Waals surface area (Å²) < 4.78 is 12.5. The first-order valence-electron chi connectivity index (χ1n) is 10.2. The second-order valence-corrected chi connectivity index (χ2v) is 7.17. The van der Waals surface area contributed by atoms with Gasteiger partial charge in [-0.1, -0.05) is 12.1 Å². The van der Waals surface area contributed by atoms with Crippen molar-refractivity contribution in [2.75, 3.05) is 19.8 Å². The largest absolute Gasteiger partial charge is 0.494 e. The molecule has 0 saturated carbocycles. The van der Waals surface area contributed by atoms with Gasteiger partial charge >= 0.3 is 0 Å². The molecule has 0 aliphatic rings. The van der Waals surface area contributed by atoms with E-state index in [2.05, 4.69) is 10.3 Å². The Morgan fingerprint density at radius 3 is 2.55 bits per heavy atom. The number of hydrogen-bond acceptors (Lipinski definition) is 5. The zero-order valence-corrected chi connectivity index (χ0v) is 18.1. The van der Waals surface area contributed by atoms with Crippen LogP contribution >= 0.6 is 0 Å². The van der Waals surface area contributed by atoms with Crippen LogP contribution in [0.1, 0.15) is 18.1 Å². The number of benzene rings is 2. The summed E-state index contributed by atoms with van der Waals surface area (Å²) in [7, 11) is 0. The molecule has 0 unspecified atom stereocenters. The van der Waals surface area contributed by atoms with E-state index in [9.17, 15) is 9.59 Å². The molecule has 0 atom stereocenters. The van der Waals surface area contributed by atoms with Crippen molar-refractivity contribution in [1.29, 1.82) is 0 Å². The molecule has 1 aromatic heterocycles. The molecule has 0 saturated heterocycles. The molecule has 0 spiro atoms. The van der Waals surface area contributed by atoms with Crippen LogP contribution in [-0.2, 0) is 11.3 Å². The molecule has 7 nitrogen and oxygen atoms in total. The smallest absolute Gasteiger partial charge is 0.258 e. The third-order valence-corrected chi connectivity index (χ3v) is 4.72. The lowest BCUT2D eigenvalue weighted by molar-refractivity contribution is -0.123. The highest BCUT2D eigenvalue weighted by molar-refractivity contribution is 5.77. The van der Waals surface area contributed by atoms with Crippen molar-refractivity contribution in [1.82, 2.24) is 14.9 Å². The molecule has 31 heavy (non-hydrogen) atoms. The molecule has 0 radical (unpaired) electrons. The van der Waals surface area contributed by atoms with Crippen molar-refractivity contribution >= 4 is 5.91 Å². The van der Waals surface area contributed by atoms with Crippen LogP contribution in [0.3, 0.4) is 0 Å². The van der Waals surface area contributed by atoms with Crippen molar-refractivity contribution in [3.63, 3.8) is 0 Å². The van der Waals surface area contributed by atoms with Crippen LogP contribution in [0.2, 0.25) is 0 Å². The molecule has 0 aliphatic heterocycles. The maximum Gasteiger partial charge on any atom is 0.258 e. The monoisotopic (exact) mass is 421 g/mol. The minimum Gasteiger partial charge on any atom is -0.494 e. The minimum atomic E-state index is -0.243. The summed E-state index contributed by atoms with van der Waals surface area (Å²) >= 11 is 0. The van der Waals surface area contributed by atoms with E-state index in [0.29, 0.717) is 31.1 Å². The van der Waals surface area contributed by atoms with Crippen LogP contribution in [0.25, 0.3) is 11.3 Å². The van der Waals surface area contributed by atoms with E-state index >= 15 is 0 Å². The Morgan fingerprint density at radius 1 is 1.06 bits per heavy atom. The molecule has 2 aromatic carbocycles. The predicted molar refractivity (Wildman–Crippen MR) is 120 cm³/mol. The Hall–Kier alpha value is -3.61. The van der Waals surface area contributed by atoms with Gasteiger partial charge in [0.1, 0.15) is 11.5 Å². The highest BCUT2D eigenvalue weighted by Crippen LogP contribution is 2.20. The number of carbonyl (C=O) groups is 1. The van der Waals surface area contributed by atoms with Gasteiger partial charge in [0, 0.05) is 24.7 Å². The van der Waals surface area contributed by atoms with Gasteiger partial charge in [0.05, 0.1) is 18.6 Å². The zero-order chi connectivity index (χ0) is 22.2. The Kier molecular flexibility index (Phi) is 7.43. The lowest BCUT2D eigenvalue weighted by Gasteiger charge is -2.11. The van der Waals surface area contributed by atoms with Crippen molar-refractivity contribution in [3.8, 4) is 22.8 Å². The zero-order valence-electron chi connectivity index (χ0n) is 18.1. The summed E-state index contributed by atoms with van der Waals surface area (Å²) in [5.41, 5.74) is 3.30. The van der Waals surface area contributed by atoms with Gasteiger partial charge in [0.2, 0.25) is 0 Å². The van der Waals surface area contributed by atoms with Crippen molar-refractivity contribution in [2.45, 2.75) is 27.3 Å². The molecule has 0 aliphatic carbocycles. The highest BCUT2D eigenvalue weighted by atomic mass is 16.5. The molecular weight excluding hydrogens is 394 g/mol. The molecule has 0 fully saturated rings. The number of amides is 1. The van der Waals surface area contributed by atoms with Gasteiger partial charge in [-0.15, -0.1) is 0 Å². The van der Waals surface area contributed by atoms with E-state index in [1.807, 2.05) is 63.2 Å². The molecule has 3 rings (SSSR count). The normalized spacial score (nSPS) is 10.5. The minimum absolute atomic E-state index is 0.0753. The fraction of sp³-hybridized carbons (Fsp3) is 0.292. The second kappa shape index (κ2) is 10.4. The molecule has 3 aromatic rings. The molecule has 7 heteroatoms. The SMILES string of the molecule is CCOc1ccc(-c2cc(=O)n(CCNC(=O)COc3cc(C)ccc3C)cn2)cc1. The maximum absolute atomic E-state index is 12.4. The van der Waals surface area contributed by atoms with Crippen LogP contribution < -0.4 is 20.3 Å². The average Bonchev–Trinajstić information content (AvgIpc) is 2.76. The highest BCUT2D eigenvalue weighted by Gasteiger charge is 2.07. The Labute approximate surface area is 181 Å². The number of nitrogens with one attached hydrogen (secondary N) is 1. The Morgan fingerprint density at radius 2 is 1.84 bits per heavy atom. The fourth-order valence-corrected chi connectivity index (χ4v) is 3.01. The van der Waals surface area contributed by atoms with Gasteiger partial charge < -0.3 is 14.8 Å². The average molecular weight is 421 g/mol. The molecule has 162 valence electrons. The number of nitrogens with zero attached hydrogens (tertiary/aromatic N) is 2. The summed E-state index contributed by atoms with van der Waals surface area (Å²) in [6.07, 6.45) is 1.49. The number of aromatic nitrogens is 2. The third kappa shape index (κ3) is 6.18. The predicted octanol–water partition coefficient (Wildman–Crippen LogP) is 3.12. The van der Waals surface area contributed by atoms with Crippen LogP contribution in [0.5, 0.6) is 11.5 Å². The number of rotatable bonds is 9. The van der Waals surface area contributed by atoms with E-state index < -0.39 is 0 Å². The van der Waals surface area contributed by atoms with E-state index in [1.54, 1.807) is 0 Å². The number of hydrogen-bond donors (Lipinski definition) is 1. The van der Waals surface area contributed by atoms with Crippen molar-refractivity contribution in [2.24, 2.45) is 0 Å². The van der Waals surface area contributed by atoms with Gasteiger partial charge in [-0.25, -0.2) is 4.98 Å². The summed E-state index contributed by atoms with van der Waals surface area (Å²) in [5, 5.41) is 2.76. The number of carbonyl (C=O) groups excluding carboxylic acids is 1. The Bertz CT molecular complexity index is 1090. The fourth-order valence-electron chi connectivity index (χ4n) is 3.01. The number of aryl methyl sites for hydroxylation is 2. The topological polar surface area (TPSA) is 82.5 Å². The van der Waals surface area contributed by atoms with Gasteiger partial charge in [-0.05, 0) is 62.2 Å². The first-order chi connectivity index (χ1) is 15.0. The van der Waals surface area contributed by atoms with E-state index in [4.69, 9.17) is 9.47 Å². The van der Waals surface area contributed by atoms with Crippen LogP contribution in [0.15, 0.2) is 59.7 Å². The summed E-state index contributed by atoms with van der Waals surface area (Å²) in [6.45, 7) is 6.98. The molecule has 1 heterocycles. The van der Waals surface area contributed by atoms with Gasteiger partial charge in [-0.3, -0.25) is 14.2 Å². The van der Waals surface area contributed by atoms with Crippen molar-refractivity contribution in [3.05, 3.63) is 76.3 Å². The van der Waals surface area contributed by atoms with Crippen LogP contribution in [0.4, 0.5) is 0 Å². The van der Waals surface area contributed by atoms with E-state index in [-0.39, 0.29) is 18.1 Å². The molecule has 1 amide bonds.